The zero-order chi connectivity index (χ0) is 12.5. The highest BCUT2D eigenvalue weighted by Gasteiger charge is 2.39. The first kappa shape index (κ1) is 12.6. The van der Waals surface area contributed by atoms with Crippen LogP contribution in [0.4, 0.5) is 0 Å². The number of aryl methyl sites for hydroxylation is 1. The number of hydrogen-bond donors (Lipinski definition) is 1. The van der Waals surface area contributed by atoms with Gasteiger partial charge >= 0.3 is 0 Å². The van der Waals surface area contributed by atoms with Gasteiger partial charge in [-0.3, -0.25) is 4.68 Å². The van der Waals surface area contributed by atoms with E-state index in [4.69, 9.17) is 0 Å². The van der Waals surface area contributed by atoms with Gasteiger partial charge in [0.1, 0.15) is 0 Å². The van der Waals surface area contributed by atoms with Gasteiger partial charge in [0.2, 0.25) is 0 Å². The third-order valence-corrected chi connectivity index (χ3v) is 4.05. The fraction of sp³-hybridized carbons (Fsp3) is 0.786. The molecule has 1 aliphatic rings. The molecular weight excluding hydrogens is 210 g/mol. The van der Waals surface area contributed by atoms with Gasteiger partial charge in [0.05, 0.1) is 11.7 Å². The Labute approximate surface area is 105 Å². The highest BCUT2D eigenvalue weighted by atomic mass is 15.3. The van der Waals surface area contributed by atoms with E-state index in [0.29, 0.717) is 17.5 Å². The quantitative estimate of drug-likeness (QED) is 0.873. The zero-order valence-electron chi connectivity index (χ0n) is 11.5. The number of aromatic nitrogens is 2. The first-order valence-electron chi connectivity index (χ1n) is 6.80. The number of nitrogens with one attached hydrogen (secondary N) is 1. The van der Waals surface area contributed by atoms with Crippen molar-refractivity contribution in [2.75, 3.05) is 6.54 Å². The molecule has 1 aliphatic carbocycles. The lowest BCUT2D eigenvalue weighted by molar-refractivity contribution is 0.107. The van der Waals surface area contributed by atoms with Crippen LogP contribution in [0, 0.1) is 12.3 Å². The molecule has 3 heteroatoms. The second kappa shape index (κ2) is 4.81. The van der Waals surface area contributed by atoms with Gasteiger partial charge < -0.3 is 5.32 Å². The predicted octanol–water partition coefficient (Wildman–Crippen LogP) is 2.92. The third-order valence-electron chi connectivity index (χ3n) is 4.05. The minimum atomic E-state index is 0.360. The summed E-state index contributed by atoms with van der Waals surface area (Å²) in [4.78, 5) is 0. The van der Waals surface area contributed by atoms with Crippen LogP contribution in [0.25, 0.3) is 0 Å². The van der Waals surface area contributed by atoms with Crippen LogP contribution in [0.5, 0.6) is 0 Å². The van der Waals surface area contributed by atoms with Gasteiger partial charge in [0, 0.05) is 12.2 Å². The normalized spacial score (nSPS) is 28.2. The maximum absolute atomic E-state index is 4.61. The molecule has 0 radical (unpaired) electrons. The summed E-state index contributed by atoms with van der Waals surface area (Å²) in [6.07, 6.45) is 5.98. The molecule has 2 atom stereocenters. The largest absolute Gasteiger partial charge is 0.312 e. The zero-order valence-corrected chi connectivity index (χ0v) is 11.5. The van der Waals surface area contributed by atoms with Crippen molar-refractivity contribution in [3.05, 3.63) is 18.0 Å². The van der Waals surface area contributed by atoms with E-state index in [9.17, 15) is 0 Å². The van der Waals surface area contributed by atoms with E-state index >= 15 is 0 Å². The summed E-state index contributed by atoms with van der Waals surface area (Å²) < 4.78 is 2.17. The van der Waals surface area contributed by atoms with Gasteiger partial charge in [0.25, 0.3) is 0 Å². The molecule has 0 spiro atoms. The lowest BCUT2D eigenvalue weighted by Gasteiger charge is -2.44. The molecule has 1 aromatic heterocycles. The van der Waals surface area contributed by atoms with Crippen molar-refractivity contribution in [3.8, 4) is 0 Å². The Morgan fingerprint density at radius 2 is 2.29 bits per heavy atom. The van der Waals surface area contributed by atoms with Crippen LogP contribution in [-0.2, 0) is 0 Å². The fourth-order valence-corrected chi connectivity index (χ4v) is 3.14. The van der Waals surface area contributed by atoms with Crippen LogP contribution >= 0.6 is 0 Å². The molecule has 0 amide bonds. The Morgan fingerprint density at radius 3 is 2.88 bits per heavy atom. The molecule has 0 aliphatic heterocycles. The summed E-state index contributed by atoms with van der Waals surface area (Å²) in [5, 5.41) is 8.28. The van der Waals surface area contributed by atoms with E-state index in [1.807, 2.05) is 0 Å². The second-order valence-corrected chi connectivity index (χ2v) is 5.92. The molecule has 17 heavy (non-hydrogen) atoms. The van der Waals surface area contributed by atoms with Crippen molar-refractivity contribution in [3.63, 3.8) is 0 Å². The minimum absolute atomic E-state index is 0.360. The lowest BCUT2D eigenvalue weighted by atomic mass is 9.70. The van der Waals surface area contributed by atoms with Gasteiger partial charge in [-0.25, -0.2) is 0 Å². The predicted molar refractivity (Wildman–Crippen MR) is 71.1 cm³/mol. The van der Waals surface area contributed by atoms with Crippen LogP contribution in [-0.4, -0.2) is 22.4 Å². The van der Waals surface area contributed by atoms with Crippen molar-refractivity contribution in [1.29, 1.82) is 0 Å². The molecule has 1 fully saturated rings. The van der Waals surface area contributed by atoms with E-state index < -0.39 is 0 Å². The summed E-state index contributed by atoms with van der Waals surface area (Å²) in [6.45, 7) is 10.0. The van der Waals surface area contributed by atoms with Crippen molar-refractivity contribution < 1.29 is 0 Å². The first-order chi connectivity index (χ1) is 8.04. The van der Waals surface area contributed by atoms with E-state index in [-0.39, 0.29) is 0 Å². The maximum Gasteiger partial charge on any atom is 0.0677 e. The molecule has 2 unspecified atom stereocenters. The summed E-state index contributed by atoms with van der Waals surface area (Å²) in [5.41, 5.74) is 1.47. The van der Waals surface area contributed by atoms with E-state index in [1.165, 1.54) is 19.3 Å². The smallest absolute Gasteiger partial charge is 0.0677 e. The number of rotatable bonds is 3. The Kier molecular flexibility index (Phi) is 3.57. The monoisotopic (exact) mass is 235 g/mol. The van der Waals surface area contributed by atoms with E-state index in [0.717, 1.165) is 12.2 Å². The Bertz CT molecular complexity index is 367. The molecule has 0 bridgehead atoms. The highest BCUT2D eigenvalue weighted by molar-refractivity contribution is 5.01. The van der Waals surface area contributed by atoms with Crippen LogP contribution in [0.15, 0.2) is 12.3 Å². The van der Waals surface area contributed by atoms with Gasteiger partial charge in [-0.2, -0.15) is 5.10 Å². The van der Waals surface area contributed by atoms with E-state index in [2.05, 4.69) is 55.1 Å². The SMILES string of the molecule is CCNC1C(n2ccc(C)n2)CCCC1(C)C. The first-order valence-corrected chi connectivity index (χ1v) is 6.80. The molecule has 96 valence electrons. The van der Waals surface area contributed by atoms with Gasteiger partial charge in [-0.1, -0.05) is 27.2 Å². The topological polar surface area (TPSA) is 29.9 Å². The van der Waals surface area contributed by atoms with Crippen LogP contribution in [0.2, 0.25) is 0 Å². The number of nitrogens with zero attached hydrogens (tertiary/aromatic N) is 2. The molecule has 1 aromatic rings. The van der Waals surface area contributed by atoms with Gasteiger partial charge in [-0.05, 0) is 37.8 Å². The van der Waals surface area contributed by atoms with Gasteiger partial charge in [0.15, 0.2) is 0 Å². The molecular formula is C14H25N3. The molecule has 3 nitrogen and oxygen atoms in total. The average molecular weight is 235 g/mol. The maximum atomic E-state index is 4.61. The molecule has 0 aromatic carbocycles. The Morgan fingerprint density at radius 1 is 1.53 bits per heavy atom. The fourth-order valence-electron chi connectivity index (χ4n) is 3.14. The van der Waals surface area contributed by atoms with Crippen molar-refractivity contribution in [2.45, 2.75) is 59.0 Å². The molecule has 0 saturated heterocycles. The van der Waals surface area contributed by atoms with Crippen molar-refractivity contribution in [1.82, 2.24) is 15.1 Å². The summed E-state index contributed by atoms with van der Waals surface area (Å²) in [6, 6.07) is 3.14. The molecule has 1 heterocycles. The summed E-state index contributed by atoms with van der Waals surface area (Å²) in [5.74, 6) is 0. The Balaban J connectivity index is 2.24. The average Bonchev–Trinajstić information content (AvgIpc) is 2.68. The van der Waals surface area contributed by atoms with E-state index in [1.54, 1.807) is 0 Å². The highest BCUT2D eigenvalue weighted by Crippen LogP contribution is 2.41. The second-order valence-electron chi connectivity index (χ2n) is 5.92. The number of hydrogen-bond acceptors (Lipinski definition) is 2. The third kappa shape index (κ3) is 2.54. The van der Waals surface area contributed by atoms with Crippen molar-refractivity contribution >= 4 is 0 Å². The standard InChI is InChI=1S/C14H25N3/c1-5-15-13-12(7-6-9-14(13,3)4)17-10-8-11(2)16-17/h8,10,12-13,15H,5-7,9H2,1-4H3. The van der Waals surface area contributed by atoms with Crippen LogP contribution in [0.1, 0.15) is 51.8 Å². The van der Waals surface area contributed by atoms with Crippen LogP contribution < -0.4 is 5.32 Å². The van der Waals surface area contributed by atoms with Gasteiger partial charge in [-0.15, -0.1) is 0 Å². The van der Waals surface area contributed by atoms with Crippen molar-refractivity contribution in [2.24, 2.45) is 5.41 Å². The van der Waals surface area contributed by atoms with Crippen LogP contribution in [0.3, 0.4) is 0 Å². The summed E-state index contributed by atoms with van der Waals surface area (Å²) in [7, 11) is 0. The molecule has 1 N–H and O–H groups in total. The molecule has 2 rings (SSSR count). The lowest BCUT2D eigenvalue weighted by Crippen LogP contribution is -2.50. The minimum Gasteiger partial charge on any atom is -0.312 e. The Hall–Kier alpha value is -0.830. The summed E-state index contributed by atoms with van der Waals surface area (Å²) >= 11 is 0. The number of likely N-dealkylation sites (N-methyl/N-ethyl adjacent to an activating group) is 1. The molecule has 1 saturated carbocycles.